The first-order valence-corrected chi connectivity index (χ1v) is 3.59. The number of aliphatic hydroxyl groups is 2. The molecule has 1 heterocycles. The van der Waals surface area contributed by atoms with E-state index in [2.05, 4.69) is 4.98 Å². The van der Waals surface area contributed by atoms with Crippen LogP contribution in [-0.4, -0.2) is 37.4 Å². The zero-order valence-corrected chi connectivity index (χ0v) is 6.70. The topological polar surface area (TPSA) is 101 Å². The summed E-state index contributed by atoms with van der Waals surface area (Å²) in [7, 11) is 0. The van der Waals surface area contributed by atoms with Crippen LogP contribution in [0.15, 0.2) is 12.4 Å². The maximum atomic E-state index is 10.3. The van der Waals surface area contributed by atoms with Gasteiger partial charge < -0.3 is 20.3 Å². The van der Waals surface area contributed by atoms with E-state index in [1.54, 1.807) is 0 Å². The molecule has 2 N–H and O–H groups in total. The highest BCUT2D eigenvalue weighted by Crippen LogP contribution is 2.07. The molecule has 0 amide bonds. The van der Waals surface area contributed by atoms with Crippen LogP contribution in [0, 0.1) is 10.1 Å². The third-order valence-electron chi connectivity index (χ3n) is 1.48. The molecule has 0 saturated carbocycles. The predicted molar refractivity (Wildman–Crippen MR) is 42.0 cm³/mol. The van der Waals surface area contributed by atoms with Crippen molar-refractivity contribution in [2.24, 2.45) is 0 Å². The molecule has 72 valence electrons. The summed E-state index contributed by atoms with van der Waals surface area (Å²) in [6, 6.07) is 0. The molecule has 0 spiro atoms. The van der Waals surface area contributed by atoms with Gasteiger partial charge in [0.2, 0.25) is 0 Å². The second kappa shape index (κ2) is 3.97. The Hall–Kier alpha value is -1.47. The second-order valence-electron chi connectivity index (χ2n) is 2.47. The summed E-state index contributed by atoms with van der Waals surface area (Å²) in [5, 5.41) is 27.9. The summed E-state index contributed by atoms with van der Waals surface area (Å²) in [5.41, 5.74) is 0. The third kappa shape index (κ3) is 2.23. The molecule has 0 aliphatic carbocycles. The van der Waals surface area contributed by atoms with Gasteiger partial charge in [0, 0.05) is 0 Å². The van der Waals surface area contributed by atoms with Crippen molar-refractivity contribution < 1.29 is 15.1 Å². The van der Waals surface area contributed by atoms with Crippen LogP contribution in [0.1, 0.15) is 0 Å². The van der Waals surface area contributed by atoms with Crippen molar-refractivity contribution >= 4 is 5.95 Å². The highest BCUT2D eigenvalue weighted by Gasteiger charge is 2.16. The zero-order valence-electron chi connectivity index (χ0n) is 6.70. The Bertz CT molecular complexity index is 298. The standard InChI is InChI=1S/C6H9N3O4/c10-4-5(11)3-8-2-1-7-6(8)9(12)13/h1-2,5,10-11H,3-4H2/t5-/m0/s1. The lowest BCUT2D eigenvalue weighted by Crippen LogP contribution is -2.20. The molecule has 0 radical (unpaired) electrons. The van der Waals surface area contributed by atoms with Gasteiger partial charge in [-0.05, 0) is 4.92 Å². The number of nitro groups is 1. The summed E-state index contributed by atoms with van der Waals surface area (Å²) >= 11 is 0. The summed E-state index contributed by atoms with van der Waals surface area (Å²) in [6.45, 7) is -0.470. The van der Waals surface area contributed by atoms with Crippen LogP contribution in [0.5, 0.6) is 0 Å². The van der Waals surface area contributed by atoms with Crippen LogP contribution in [0.3, 0.4) is 0 Å². The first-order valence-electron chi connectivity index (χ1n) is 3.59. The van der Waals surface area contributed by atoms with Crippen molar-refractivity contribution in [2.75, 3.05) is 6.61 Å². The van der Waals surface area contributed by atoms with Crippen molar-refractivity contribution in [2.45, 2.75) is 12.6 Å². The van der Waals surface area contributed by atoms with Crippen LogP contribution < -0.4 is 0 Å². The molecule has 0 saturated heterocycles. The molecular weight excluding hydrogens is 178 g/mol. The molecule has 7 heteroatoms. The number of nitrogens with zero attached hydrogens (tertiary/aromatic N) is 3. The molecule has 0 aromatic carbocycles. The van der Waals surface area contributed by atoms with Crippen LogP contribution >= 0.6 is 0 Å². The van der Waals surface area contributed by atoms with Crippen molar-refractivity contribution in [3.05, 3.63) is 22.5 Å². The number of aromatic nitrogens is 2. The fourth-order valence-corrected chi connectivity index (χ4v) is 0.901. The summed E-state index contributed by atoms with van der Waals surface area (Å²) < 4.78 is 1.17. The summed E-state index contributed by atoms with van der Waals surface area (Å²) in [6.07, 6.45) is 1.63. The zero-order chi connectivity index (χ0) is 9.84. The highest BCUT2D eigenvalue weighted by atomic mass is 16.6. The van der Waals surface area contributed by atoms with E-state index in [1.807, 2.05) is 0 Å². The minimum absolute atomic E-state index is 0.0349. The van der Waals surface area contributed by atoms with Crippen molar-refractivity contribution in [3.8, 4) is 0 Å². The maximum Gasteiger partial charge on any atom is 0.434 e. The Kier molecular flexibility index (Phi) is 2.93. The predicted octanol–water partition coefficient (Wildman–Crippen LogP) is -0.856. The minimum Gasteiger partial charge on any atom is -0.394 e. The van der Waals surface area contributed by atoms with Crippen LogP contribution in [0.4, 0.5) is 5.95 Å². The Morgan fingerprint density at radius 3 is 3.00 bits per heavy atom. The molecule has 0 aliphatic heterocycles. The minimum atomic E-state index is -1.01. The van der Waals surface area contributed by atoms with Crippen molar-refractivity contribution in [1.82, 2.24) is 9.55 Å². The van der Waals surface area contributed by atoms with Gasteiger partial charge in [-0.25, -0.2) is 4.57 Å². The van der Waals surface area contributed by atoms with E-state index in [0.29, 0.717) is 0 Å². The fourth-order valence-electron chi connectivity index (χ4n) is 0.901. The quantitative estimate of drug-likeness (QED) is 0.472. The van der Waals surface area contributed by atoms with E-state index in [4.69, 9.17) is 10.2 Å². The lowest BCUT2D eigenvalue weighted by Gasteiger charge is -2.05. The lowest BCUT2D eigenvalue weighted by molar-refractivity contribution is -0.397. The molecule has 13 heavy (non-hydrogen) atoms. The molecule has 0 bridgehead atoms. The van der Waals surface area contributed by atoms with Gasteiger partial charge in [0.05, 0.1) is 13.2 Å². The van der Waals surface area contributed by atoms with E-state index in [1.165, 1.54) is 17.0 Å². The Balaban J connectivity index is 2.76. The number of hydrogen-bond acceptors (Lipinski definition) is 5. The summed E-state index contributed by atoms with van der Waals surface area (Å²) in [5.74, 6) is -0.340. The number of rotatable bonds is 4. The summed E-state index contributed by atoms with van der Waals surface area (Å²) in [4.78, 5) is 13.2. The first-order chi connectivity index (χ1) is 6.15. The number of hydrogen-bond donors (Lipinski definition) is 2. The van der Waals surface area contributed by atoms with E-state index in [9.17, 15) is 10.1 Å². The SMILES string of the molecule is O=[N+]([O-])c1nccn1C[C@H](O)CO. The van der Waals surface area contributed by atoms with E-state index < -0.39 is 17.6 Å². The fraction of sp³-hybridized carbons (Fsp3) is 0.500. The molecule has 1 aromatic heterocycles. The van der Waals surface area contributed by atoms with Gasteiger partial charge in [-0.2, -0.15) is 0 Å². The first kappa shape index (κ1) is 9.62. The molecule has 0 unspecified atom stereocenters. The molecule has 7 nitrogen and oxygen atoms in total. The van der Waals surface area contributed by atoms with Crippen LogP contribution in [0.2, 0.25) is 0 Å². The van der Waals surface area contributed by atoms with Crippen molar-refractivity contribution in [3.63, 3.8) is 0 Å². The van der Waals surface area contributed by atoms with Gasteiger partial charge >= 0.3 is 5.95 Å². The van der Waals surface area contributed by atoms with Gasteiger partial charge in [0.1, 0.15) is 18.5 Å². The van der Waals surface area contributed by atoms with Gasteiger partial charge in [-0.3, -0.25) is 0 Å². The van der Waals surface area contributed by atoms with Gasteiger partial charge in [-0.15, -0.1) is 0 Å². The number of aliphatic hydroxyl groups excluding tert-OH is 2. The highest BCUT2D eigenvalue weighted by molar-refractivity contribution is 5.06. The lowest BCUT2D eigenvalue weighted by atomic mass is 10.4. The van der Waals surface area contributed by atoms with E-state index in [-0.39, 0.29) is 12.5 Å². The van der Waals surface area contributed by atoms with Crippen molar-refractivity contribution in [1.29, 1.82) is 0 Å². The Morgan fingerprint density at radius 2 is 2.46 bits per heavy atom. The third-order valence-corrected chi connectivity index (χ3v) is 1.48. The maximum absolute atomic E-state index is 10.3. The van der Waals surface area contributed by atoms with Gasteiger partial charge in [0.25, 0.3) is 0 Å². The molecular formula is C6H9N3O4. The Morgan fingerprint density at radius 1 is 1.77 bits per heavy atom. The monoisotopic (exact) mass is 187 g/mol. The normalized spacial score (nSPS) is 12.8. The van der Waals surface area contributed by atoms with Crippen LogP contribution in [-0.2, 0) is 6.54 Å². The van der Waals surface area contributed by atoms with Gasteiger partial charge in [0.15, 0.2) is 0 Å². The van der Waals surface area contributed by atoms with Crippen LogP contribution in [0.25, 0.3) is 0 Å². The molecule has 1 atom stereocenters. The number of imidazole rings is 1. The Labute approximate surface area is 73.4 Å². The average Bonchev–Trinajstić information content (AvgIpc) is 2.52. The average molecular weight is 187 g/mol. The second-order valence-corrected chi connectivity index (χ2v) is 2.47. The van der Waals surface area contributed by atoms with Gasteiger partial charge in [-0.1, -0.05) is 4.98 Å². The molecule has 0 fully saturated rings. The smallest absolute Gasteiger partial charge is 0.394 e. The van der Waals surface area contributed by atoms with E-state index in [0.717, 1.165) is 0 Å². The molecule has 1 aromatic rings. The molecule has 1 rings (SSSR count). The molecule has 0 aliphatic rings. The van der Waals surface area contributed by atoms with E-state index >= 15 is 0 Å². The largest absolute Gasteiger partial charge is 0.434 e.